The van der Waals surface area contributed by atoms with Gasteiger partial charge in [0.25, 0.3) is 0 Å². The molecule has 0 unspecified atom stereocenters. The molecule has 0 fully saturated rings. The Morgan fingerprint density at radius 1 is 0.679 bits per heavy atom. The lowest BCUT2D eigenvalue weighted by molar-refractivity contribution is 0.328. The molecule has 28 heavy (non-hydrogen) atoms. The van der Waals surface area contributed by atoms with E-state index in [9.17, 15) is 0 Å². The third-order valence-electron chi connectivity index (χ3n) is 4.94. The molecular weight excluding hydrogens is 341 g/mol. The van der Waals surface area contributed by atoms with Gasteiger partial charge in [0.2, 0.25) is 0 Å². The van der Waals surface area contributed by atoms with Crippen molar-refractivity contribution in [3.05, 3.63) is 109 Å². The largest absolute Gasteiger partial charge is 0.426 e. The molecule has 4 aromatic carbocycles. The number of fused-ring (bicyclic) bond motifs is 1. The summed E-state index contributed by atoms with van der Waals surface area (Å²) in [4.78, 5) is 0. The van der Waals surface area contributed by atoms with Crippen molar-refractivity contribution >= 4 is 28.6 Å². The zero-order valence-corrected chi connectivity index (χ0v) is 15.9. The summed E-state index contributed by atoms with van der Waals surface area (Å²) in [6.07, 6.45) is 0. The molecule has 0 atom stereocenters. The Balaban J connectivity index is 1.48. The van der Waals surface area contributed by atoms with E-state index in [-0.39, 0.29) is 6.92 Å². The van der Waals surface area contributed by atoms with Crippen LogP contribution in [0.4, 0.5) is 0 Å². The third kappa shape index (κ3) is 4.51. The second kappa shape index (κ2) is 9.36. The van der Waals surface area contributed by atoms with Crippen LogP contribution in [0.5, 0.6) is 0 Å². The van der Waals surface area contributed by atoms with Crippen LogP contribution in [0.15, 0.2) is 103 Å². The van der Waals surface area contributed by atoms with Gasteiger partial charge in [0.15, 0.2) is 0 Å². The van der Waals surface area contributed by atoms with Crippen molar-refractivity contribution < 1.29 is 4.65 Å². The maximum Gasteiger partial charge on any atom is 0.362 e. The average molecular weight is 365 g/mol. The van der Waals surface area contributed by atoms with E-state index in [4.69, 9.17) is 4.65 Å². The first kappa shape index (κ1) is 18.5. The fourth-order valence-electron chi connectivity index (χ4n) is 3.55. The van der Waals surface area contributed by atoms with Gasteiger partial charge >= 0.3 is 6.92 Å². The summed E-state index contributed by atoms with van der Waals surface area (Å²) in [5.74, 6) is 0. The number of hydrogen-bond acceptors (Lipinski definition) is 2. The molecule has 0 aliphatic rings. The molecule has 0 aromatic heterocycles. The van der Waals surface area contributed by atoms with E-state index >= 15 is 0 Å². The Bertz CT molecular complexity index is 999. The fourth-order valence-corrected chi connectivity index (χ4v) is 3.55. The Morgan fingerprint density at radius 3 is 2.18 bits per heavy atom. The van der Waals surface area contributed by atoms with E-state index in [2.05, 4.69) is 96.3 Å². The van der Waals surface area contributed by atoms with E-state index in [1.54, 1.807) is 0 Å². The molecule has 3 heteroatoms. The molecular formula is C25H24BNO. The molecule has 1 N–H and O–H groups in total. The van der Waals surface area contributed by atoms with Crippen molar-refractivity contribution in [2.24, 2.45) is 0 Å². The maximum absolute atomic E-state index is 6.40. The summed E-state index contributed by atoms with van der Waals surface area (Å²) in [6, 6.07) is 35.9. The quantitative estimate of drug-likeness (QED) is 0.379. The highest BCUT2D eigenvalue weighted by Gasteiger charge is 2.23. The molecule has 0 aliphatic heterocycles. The van der Waals surface area contributed by atoms with Gasteiger partial charge in [-0.2, -0.15) is 0 Å². The van der Waals surface area contributed by atoms with Crippen LogP contribution in [-0.2, 0) is 11.2 Å². The number of rotatable bonds is 8. The first-order valence-electron chi connectivity index (χ1n) is 9.81. The molecule has 4 aromatic rings. The van der Waals surface area contributed by atoms with E-state index in [0.29, 0.717) is 6.61 Å². The molecule has 0 bridgehead atoms. The highest BCUT2D eigenvalue weighted by atomic mass is 16.4. The SMILES string of the molecule is c1ccc(CNCCOB(c2ccccc2)c2cccc3ccccc23)cc1. The van der Waals surface area contributed by atoms with Crippen LogP contribution in [-0.4, -0.2) is 20.1 Å². The Labute approximate surface area is 167 Å². The van der Waals surface area contributed by atoms with Gasteiger partial charge in [-0.15, -0.1) is 0 Å². The third-order valence-corrected chi connectivity index (χ3v) is 4.94. The van der Waals surface area contributed by atoms with E-state index in [0.717, 1.165) is 13.1 Å². The summed E-state index contributed by atoms with van der Waals surface area (Å²) < 4.78 is 6.40. The van der Waals surface area contributed by atoms with E-state index in [1.807, 2.05) is 12.1 Å². The lowest BCUT2D eigenvalue weighted by Crippen LogP contribution is -2.46. The minimum atomic E-state index is -0.0779. The first-order valence-corrected chi connectivity index (χ1v) is 9.81. The van der Waals surface area contributed by atoms with Gasteiger partial charge in [-0.3, -0.25) is 0 Å². The van der Waals surface area contributed by atoms with Crippen molar-refractivity contribution in [3.8, 4) is 0 Å². The summed E-state index contributed by atoms with van der Waals surface area (Å²) in [7, 11) is 0. The highest BCUT2D eigenvalue weighted by Crippen LogP contribution is 2.12. The van der Waals surface area contributed by atoms with Crippen LogP contribution in [0.2, 0.25) is 0 Å². The van der Waals surface area contributed by atoms with Crippen LogP contribution in [0, 0.1) is 0 Å². The summed E-state index contributed by atoms with van der Waals surface area (Å²) in [5, 5.41) is 5.96. The highest BCUT2D eigenvalue weighted by molar-refractivity contribution is 6.81. The number of benzene rings is 4. The van der Waals surface area contributed by atoms with Gasteiger partial charge in [0.05, 0.1) is 0 Å². The van der Waals surface area contributed by atoms with Crippen LogP contribution < -0.4 is 16.2 Å². The standard InChI is InChI=1S/C25H24BNO/c1-3-10-21(11-4-1)20-27-18-19-28-26(23-14-5-2-6-15-23)25-17-9-13-22-12-7-8-16-24(22)25/h1-17,27H,18-20H2. The molecule has 0 heterocycles. The van der Waals surface area contributed by atoms with Gasteiger partial charge in [-0.25, -0.2) is 0 Å². The Hall–Kier alpha value is -2.88. The molecule has 0 radical (unpaired) electrons. The zero-order valence-electron chi connectivity index (χ0n) is 15.9. The second-order valence-corrected chi connectivity index (χ2v) is 6.89. The fraction of sp³-hybridized carbons (Fsp3) is 0.120. The monoisotopic (exact) mass is 365 g/mol. The summed E-state index contributed by atoms with van der Waals surface area (Å²) in [5.41, 5.74) is 3.69. The van der Waals surface area contributed by atoms with Crippen LogP contribution >= 0.6 is 0 Å². The number of nitrogens with one attached hydrogen (secondary N) is 1. The lowest BCUT2D eigenvalue weighted by atomic mass is 9.54. The molecule has 0 spiro atoms. The second-order valence-electron chi connectivity index (χ2n) is 6.89. The Morgan fingerprint density at radius 2 is 1.36 bits per heavy atom. The van der Waals surface area contributed by atoms with Gasteiger partial charge in [0, 0.05) is 19.7 Å². The molecule has 2 nitrogen and oxygen atoms in total. The predicted octanol–water partition coefficient (Wildman–Crippen LogP) is 3.75. The molecule has 4 rings (SSSR count). The topological polar surface area (TPSA) is 21.3 Å². The average Bonchev–Trinajstić information content (AvgIpc) is 2.77. The van der Waals surface area contributed by atoms with Crippen molar-refractivity contribution in [3.63, 3.8) is 0 Å². The Kier molecular flexibility index (Phi) is 6.18. The van der Waals surface area contributed by atoms with Gasteiger partial charge in [0.1, 0.15) is 0 Å². The maximum atomic E-state index is 6.40. The van der Waals surface area contributed by atoms with E-state index in [1.165, 1.54) is 27.3 Å². The molecule has 0 saturated heterocycles. The molecule has 0 aliphatic carbocycles. The zero-order chi connectivity index (χ0) is 19.0. The van der Waals surface area contributed by atoms with Crippen molar-refractivity contribution in [1.82, 2.24) is 5.32 Å². The van der Waals surface area contributed by atoms with Crippen molar-refractivity contribution in [2.45, 2.75) is 6.54 Å². The minimum absolute atomic E-state index is 0.0779. The molecule has 0 saturated carbocycles. The number of hydrogen-bond donors (Lipinski definition) is 1. The van der Waals surface area contributed by atoms with Crippen molar-refractivity contribution in [1.29, 1.82) is 0 Å². The van der Waals surface area contributed by atoms with Gasteiger partial charge in [-0.05, 0) is 27.3 Å². The van der Waals surface area contributed by atoms with Gasteiger partial charge < -0.3 is 9.97 Å². The van der Waals surface area contributed by atoms with Gasteiger partial charge in [-0.1, -0.05) is 103 Å². The summed E-state index contributed by atoms with van der Waals surface area (Å²) >= 11 is 0. The van der Waals surface area contributed by atoms with E-state index < -0.39 is 0 Å². The first-order chi connectivity index (χ1) is 13.9. The van der Waals surface area contributed by atoms with Crippen molar-refractivity contribution in [2.75, 3.05) is 13.2 Å². The van der Waals surface area contributed by atoms with Crippen LogP contribution in [0.3, 0.4) is 0 Å². The molecule has 0 amide bonds. The van der Waals surface area contributed by atoms with Crippen LogP contribution in [0.1, 0.15) is 5.56 Å². The van der Waals surface area contributed by atoms with Crippen LogP contribution in [0.25, 0.3) is 10.8 Å². The lowest BCUT2D eigenvalue weighted by Gasteiger charge is -2.18. The smallest absolute Gasteiger partial charge is 0.362 e. The normalized spacial score (nSPS) is 10.9. The summed E-state index contributed by atoms with van der Waals surface area (Å²) in [6.45, 7) is 2.23. The molecule has 138 valence electrons. The predicted molar refractivity (Wildman–Crippen MR) is 120 cm³/mol. The minimum Gasteiger partial charge on any atom is -0.426 e.